The lowest BCUT2D eigenvalue weighted by Crippen LogP contribution is -2.15. The van der Waals surface area contributed by atoms with Gasteiger partial charge in [0.2, 0.25) is 0 Å². The lowest BCUT2D eigenvalue weighted by Gasteiger charge is -2.15. The van der Waals surface area contributed by atoms with Crippen molar-refractivity contribution < 1.29 is 4.74 Å². The third kappa shape index (κ3) is 4.34. The minimum Gasteiger partial charge on any atom is -0.377 e. The number of hydrogen-bond donors (Lipinski definition) is 1. The molecule has 3 heteroatoms. The molecule has 1 fully saturated rings. The molecule has 0 bridgehead atoms. The Morgan fingerprint density at radius 2 is 2.46 bits per heavy atom. The Kier molecular flexibility index (Phi) is 5.83. The minimum atomic E-state index is 0.525. The van der Waals surface area contributed by atoms with Crippen molar-refractivity contribution >= 4 is 11.8 Å². The van der Waals surface area contributed by atoms with Crippen LogP contribution in [0, 0.1) is 0 Å². The first kappa shape index (κ1) is 11.3. The van der Waals surface area contributed by atoms with Gasteiger partial charge in [-0.25, -0.2) is 0 Å². The maximum Gasteiger partial charge on any atom is 0.0666 e. The number of rotatable bonds is 6. The number of nitrogens with two attached hydrogens (primary N) is 1. The molecule has 2 N–H and O–H groups in total. The van der Waals surface area contributed by atoms with Gasteiger partial charge >= 0.3 is 0 Å². The molecule has 2 nitrogen and oxygen atoms in total. The summed E-state index contributed by atoms with van der Waals surface area (Å²) in [5, 5.41) is 0.745. The van der Waals surface area contributed by atoms with E-state index in [1.165, 1.54) is 25.0 Å². The molecular weight excluding hydrogens is 182 g/mol. The number of hydrogen-bond acceptors (Lipinski definition) is 3. The van der Waals surface area contributed by atoms with E-state index in [1.807, 2.05) is 11.8 Å². The van der Waals surface area contributed by atoms with Crippen LogP contribution in [0.15, 0.2) is 0 Å². The van der Waals surface area contributed by atoms with E-state index in [4.69, 9.17) is 10.5 Å². The first-order valence-corrected chi connectivity index (χ1v) is 6.35. The van der Waals surface area contributed by atoms with E-state index in [0.717, 1.165) is 24.8 Å². The highest BCUT2D eigenvalue weighted by Crippen LogP contribution is 2.23. The van der Waals surface area contributed by atoms with E-state index in [9.17, 15) is 0 Å². The van der Waals surface area contributed by atoms with Crippen molar-refractivity contribution in [3.63, 3.8) is 0 Å². The summed E-state index contributed by atoms with van der Waals surface area (Å²) < 4.78 is 5.57. The van der Waals surface area contributed by atoms with Gasteiger partial charge in [0.25, 0.3) is 0 Å². The van der Waals surface area contributed by atoms with Crippen LogP contribution in [-0.4, -0.2) is 30.3 Å². The molecule has 0 aromatic heterocycles. The quantitative estimate of drug-likeness (QED) is 0.717. The molecule has 0 saturated carbocycles. The summed E-state index contributed by atoms with van der Waals surface area (Å²) in [7, 11) is 0. The van der Waals surface area contributed by atoms with Crippen molar-refractivity contribution in [1.82, 2.24) is 0 Å². The summed E-state index contributed by atoms with van der Waals surface area (Å²) in [5.41, 5.74) is 5.54. The molecule has 1 heterocycles. The molecule has 1 aliphatic rings. The lowest BCUT2D eigenvalue weighted by molar-refractivity contribution is 0.128. The van der Waals surface area contributed by atoms with Crippen LogP contribution in [-0.2, 0) is 4.74 Å². The van der Waals surface area contributed by atoms with Crippen molar-refractivity contribution in [3.05, 3.63) is 0 Å². The van der Waals surface area contributed by atoms with Crippen molar-refractivity contribution in [1.29, 1.82) is 0 Å². The molecule has 1 aliphatic heterocycles. The molecular formula is C10H21NOS. The smallest absolute Gasteiger partial charge is 0.0666 e. The summed E-state index contributed by atoms with van der Waals surface area (Å²) in [6.07, 6.45) is 5.41. The second-order valence-corrected chi connectivity index (χ2v) is 4.91. The van der Waals surface area contributed by atoms with Crippen LogP contribution in [0.2, 0.25) is 0 Å². The molecule has 0 aromatic carbocycles. The van der Waals surface area contributed by atoms with Crippen LogP contribution in [0.3, 0.4) is 0 Å². The summed E-state index contributed by atoms with van der Waals surface area (Å²) in [6.45, 7) is 4.03. The van der Waals surface area contributed by atoms with E-state index in [1.54, 1.807) is 0 Å². The summed E-state index contributed by atoms with van der Waals surface area (Å²) in [5.74, 6) is 1.17. The van der Waals surface area contributed by atoms with Gasteiger partial charge in [-0.3, -0.25) is 0 Å². The first-order valence-electron chi connectivity index (χ1n) is 5.30. The third-order valence-electron chi connectivity index (χ3n) is 2.49. The van der Waals surface area contributed by atoms with Gasteiger partial charge in [0, 0.05) is 17.6 Å². The molecule has 0 aromatic rings. The fourth-order valence-corrected chi connectivity index (χ4v) is 2.90. The normalized spacial score (nSPS) is 24.9. The van der Waals surface area contributed by atoms with Gasteiger partial charge in [0.1, 0.15) is 0 Å². The average Bonchev–Trinajstić information content (AvgIpc) is 2.64. The second kappa shape index (κ2) is 6.68. The van der Waals surface area contributed by atoms with Crippen molar-refractivity contribution in [2.24, 2.45) is 5.73 Å². The fraction of sp³-hybridized carbons (Fsp3) is 1.00. The van der Waals surface area contributed by atoms with E-state index < -0.39 is 0 Å². The lowest BCUT2D eigenvalue weighted by atomic mass is 10.2. The van der Waals surface area contributed by atoms with Crippen LogP contribution in [0.5, 0.6) is 0 Å². The van der Waals surface area contributed by atoms with Gasteiger partial charge in [0.05, 0.1) is 6.10 Å². The van der Waals surface area contributed by atoms with Crippen LogP contribution < -0.4 is 5.73 Å². The highest BCUT2D eigenvalue weighted by molar-refractivity contribution is 7.99. The molecule has 0 amide bonds. The molecule has 13 heavy (non-hydrogen) atoms. The van der Waals surface area contributed by atoms with Gasteiger partial charge in [-0.2, -0.15) is 11.8 Å². The third-order valence-corrected chi connectivity index (χ3v) is 4.09. The van der Waals surface area contributed by atoms with Gasteiger partial charge in [0.15, 0.2) is 0 Å². The summed E-state index contributed by atoms with van der Waals surface area (Å²) in [4.78, 5) is 0. The standard InChI is InChI=1S/C10H21NOS/c1-2-10(5-6-11)13-8-9-4-3-7-12-9/h9-10H,2-8,11H2,1H3. The Bertz CT molecular complexity index is 126. The number of ether oxygens (including phenoxy) is 1. The van der Waals surface area contributed by atoms with Gasteiger partial charge in [-0.15, -0.1) is 0 Å². The van der Waals surface area contributed by atoms with Crippen molar-refractivity contribution in [2.45, 2.75) is 44.0 Å². The molecule has 2 atom stereocenters. The van der Waals surface area contributed by atoms with Crippen molar-refractivity contribution in [3.8, 4) is 0 Å². The topological polar surface area (TPSA) is 35.2 Å². The Labute approximate surface area is 85.6 Å². The predicted octanol–water partition coefficient (Wildman–Crippen LogP) is 2.03. The van der Waals surface area contributed by atoms with Crippen molar-refractivity contribution in [2.75, 3.05) is 18.9 Å². The molecule has 0 spiro atoms. The summed E-state index contributed by atoms with van der Waals surface area (Å²) in [6, 6.07) is 0. The van der Waals surface area contributed by atoms with E-state index in [0.29, 0.717) is 6.10 Å². The zero-order chi connectivity index (χ0) is 9.52. The average molecular weight is 203 g/mol. The first-order chi connectivity index (χ1) is 6.36. The van der Waals surface area contributed by atoms with Crippen LogP contribution >= 0.6 is 11.8 Å². The molecule has 0 aliphatic carbocycles. The predicted molar refractivity (Wildman–Crippen MR) is 59.2 cm³/mol. The Morgan fingerprint density at radius 3 is 3.00 bits per heavy atom. The monoisotopic (exact) mass is 203 g/mol. The van der Waals surface area contributed by atoms with Crippen LogP contribution in [0.25, 0.3) is 0 Å². The maximum absolute atomic E-state index is 5.57. The molecule has 0 radical (unpaired) electrons. The zero-order valence-electron chi connectivity index (χ0n) is 8.50. The van der Waals surface area contributed by atoms with Gasteiger partial charge < -0.3 is 10.5 Å². The zero-order valence-corrected chi connectivity index (χ0v) is 9.31. The Morgan fingerprint density at radius 1 is 1.62 bits per heavy atom. The largest absolute Gasteiger partial charge is 0.377 e. The maximum atomic E-state index is 5.57. The Balaban J connectivity index is 2.07. The molecule has 1 rings (SSSR count). The Hall–Kier alpha value is 0.270. The highest BCUT2D eigenvalue weighted by Gasteiger charge is 2.17. The van der Waals surface area contributed by atoms with E-state index >= 15 is 0 Å². The van der Waals surface area contributed by atoms with E-state index in [-0.39, 0.29) is 0 Å². The molecule has 78 valence electrons. The fourth-order valence-electron chi connectivity index (χ4n) is 1.61. The van der Waals surface area contributed by atoms with Gasteiger partial charge in [-0.1, -0.05) is 6.92 Å². The highest BCUT2D eigenvalue weighted by atomic mass is 32.2. The summed E-state index contributed by atoms with van der Waals surface area (Å²) >= 11 is 2.04. The van der Waals surface area contributed by atoms with Crippen LogP contribution in [0.1, 0.15) is 32.6 Å². The number of thioether (sulfide) groups is 1. The van der Waals surface area contributed by atoms with Crippen LogP contribution in [0.4, 0.5) is 0 Å². The van der Waals surface area contributed by atoms with Gasteiger partial charge in [-0.05, 0) is 32.2 Å². The minimum absolute atomic E-state index is 0.525. The van der Waals surface area contributed by atoms with E-state index in [2.05, 4.69) is 6.92 Å². The molecule has 1 saturated heterocycles. The second-order valence-electron chi connectivity index (χ2n) is 3.58. The SMILES string of the molecule is CCC(CCN)SCC1CCCO1. The molecule has 2 unspecified atom stereocenters.